The normalized spacial score (nSPS) is 11.0. The maximum atomic E-state index is 9.59. The van der Waals surface area contributed by atoms with Gasteiger partial charge in [-0.2, -0.15) is 5.26 Å². The third kappa shape index (κ3) is 5.40. The molecule has 3 aromatic rings. The molecule has 0 amide bonds. The molecule has 3 nitrogen and oxygen atoms in total. The summed E-state index contributed by atoms with van der Waals surface area (Å²) in [6.45, 7) is 4.96. The Bertz CT molecular complexity index is 1050. The summed E-state index contributed by atoms with van der Waals surface area (Å²) in [5.41, 5.74) is 4.34. The first kappa shape index (κ1) is 20.5. The lowest BCUT2D eigenvalue weighted by Gasteiger charge is -2.13. The number of halogens is 1. The van der Waals surface area contributed by atoms with Crippen molar-refractivity contribution in [2.45, 2.75) is 20.5 Å². The molecule has 0 fully saturated rings. The van der Waals surface area contributed by atoms with Crippen molar-refractivity contribution in [2.75, 3.05) is 6.61 Å². The van der Waals surface area contributed by atoms with Gasteiger partial charge in [-0.25, -0.2) is 0 Å². The summed E-state index contributed by atoms with van der Waals surface area (Å²) in [7, 11) is 0. The van der Waals surface area contributed by atoms with E-state index < -0.39 is 0 Å². The third-order valence-electron chi connectivity index (χ3n) is 4.38. The fourth-order valence-electron chi connectivity index (χ4n) is 2.86. The minimum Gasteiger partial charge on any atom is -0.490 e. The van der Waals surface area contributed by atoms with Gasteiger partial charge in [0.1, 0.15) is 6.61 Å². The summed E-state index contributed by atoms with van der Waals surface area (Å²) in [5.74, 6) is 1.31. The first-order valence-corrected chi connectivity index (χ1v) is 9.80. The standard InChI is InChI=1S/C25H22ClNO2/c1-3-28-25-15-20(14-21(16-27)22-6-4-5-7-23(22)26)12-13-24(25)29-17-19-10-8-18(2)9-11-19/h4-15H,3,17H2,1-2H3. The average molecular weight is 404 g/mol. The number of aryl methyl sites for hydroxylation is 1. The van der Waals surface area contributed by atoms with Crippen molar-refractivity contribution in [3.05, 3.63) is 94.0 Å². The summed E-state index contributed by atoms with van der Waals surface area (Å²) >= 11 is 6.24. The van der Waals surface area contributed by atoms with Gasteiger partial charge in [0.15, 0.2) is 11.5 Å². The van der Waals surface area contributed by atoms with E-state index in [2.05, 4.69) is 37.3 Å². The van der Waals surface area contributed by atoms with Crippen molar-refractivity contribution in [1.82, 2.24) is 0 Å². The van der Waals surface area contributed by atoms with E-state index in [0.717, 1.165) is 11.1 Å². The Morgan fingerprint density at radius 2 is 1.76 bits per heavy atom. The molecule has 0 aliphatic rings. The lowest BCUT2D eigenvalue weighted by molar-refractivity contribution is 0.269. The summed E-state index contributed by atoms with van der Waals surface area (Å²) in [5, 5.41) is 10.1. The van der Waals surface area contributed by atoms with Crippen LogP contribution < -0.4 is 9.47 Å². The van der Waals surface area contributed by atoms with Crippen LogP contribution in [0, 0.1) is 18.3 Å². The molecule has 0 N–H and O–H groups in total. The van der Waals surface area contributed by atoms with Crippen LogP contribution in [0.3, 0.4) is 0 Å². The van der Waals surface area contributed by atoms with Gasteiger partial charge in [0.25, 0.3) is 0 Å². The quantitative estimate of drug-likeness (QED) is 0.326. The topological polar surface area (TPSA) is 42.2 Å². The van der Waals surface area contributed by atoms with Gasteiger partial charge in [0.2, 0.25) is 0 Å². The van der Waals surface area contributed by atoms with Crippen molar-refractivity contribution < 1.29 is 9.47 Å². The van der Waals surface area contributed by atoms with Crippen LogP contribution in [0.25, 0.3) is 11.6 Å². The second-order valence-electron chi connectivity index (χ2n) is 6.56. The number of hydrogen-bond donors (Lipinski definition) is 0. The summed E-state index contributed by atoms with van der Waals surface area (Å²) in [6, 6.07) is 23.4. The minimum absolute atomic E-state index is 0.457. The summed E-state index contributed by atoms with van der Waals surface area (Å²) in [4.78, 5) is 0. The molecule has 3 rings (SSSR count). The molecule has 0 saturated heterocycles. The molecule has 29 heavy (non-hydrogen) atoms. The van der Waals surface area contributed by atoms with Gasteiger partial charge in [0, 0.05) is 10.6 Å². The Balaban J connectivity index is 1.86. The number of rotatable bonds is 7. The predicted octanol–water partition coefficient (Wildman–Crippen LogP) is 6.69. The highest BCUT2D eigenvalue weighted by Crippen LogP contribution is 2.32. The molecule has 3 aromatic carbocycles. The number of nitrogens with zero attached hydrogens (tertiary/aromatic N) is 1. The molecule has 0 aliphatic heterocycles. The lowest BCUT2D eigenvalue weighted by atomic mass is 10.0. The molecular weight excluding hydrogens is 382 g/mol. The molecule has 0 atom stereocenters. The molecule has 146 valence electrons. The second kappa shape index (κ2) is 9.82. The average Bonchev–Trinajstić information content (AvgIpc) is 2.73. The van der Waals surface area contributed by atoms with E-state index in [-0.39, 0.29) is 0 Å². The second-order valence-corrected chi connectivity index (χ2v) is 6.97. The number of allylic oxidation sites excluding steroid dienone is 1. The first-order valence-electron chi connectivity index (χ1n) is 9.42. The highest BCUT2D eigenvalue weighted by atomic mass is 35.5. The molecule has 0 unspecified atom stereocenters. The Morgan fingerprint density at radius 1 is 1.00 bits per heavy atom. The zero-order valence-corrected chi connectivity index (χ0v) is 17.2. The molecule has 0 aromatic heterocycles. The van der Waals surface area contributed by atoms with Gasteiger partial charge in [-0.1, -0.05) is 65.7 Å². The molecule has 0 aliphatic carbocycles. The van der Waals surface area contributed by atoms with E-state index in [1.54, 1.807) is 12.1 Å². The summed E-state index contributed by atoms with van der Waals surface area (Å²) in [6.07, 6.45) is 1.80. The van der Waals surface area contributed by atoms with Gasteiger partial charge in [0.05, 0.1) is 18.2 Å². The van der Waals surface area contributed by atoms with Crippen LogP contribution in [-0.2, 0) is 6.61 Å². The van der Waals surface area contributed by atoms with Gasteiger partial charge in [-0.05, 0) is 49.2 Å². The first-order chi connectivity index (χ1) is 14.1. The SMILES string of the molecule is CCOc1cc(C=C(C#N)c2ccccc2Cl)ccc1OCc1ccc(C)cc1. The Hall–Kier alpha value is -3.22. The van der Waals surface area contributed by atoms with E-state index >= 15 is 0 Å². The predicted molar refractivity (Wildman–Crippen MR) is 118 cm³/mol. The largest absolute Gasteiger partial charge is 0.490 e. The smallest absolute Gasteiger partial charge is 0.161 e. The molecular formula is C25H22ClNO2. The van der Waals surface area contributed by atoms with Crippen LogP contribution in [0.1, 0.15) is 29.2 Å². The lowest BCUT2D eigenvalue weighted by Crippen LogP contribution is -2.00. The van der Waals surface area contributed by atoms with Crippen molar-refractivity contribution in [3.8, 4) is 17.6 Å². The Labute approximate surface area is 176 Å². The van der Waals surface area contributed by atoms with Gasteiger partial charge < -0.3 is 9.47 Å². The monoisotopic (exact) mass is 403 g/mol. The van der Waals surface area contributed by atoms with Gasteiger partial charge >= 0.3 is 0 Å². The minimum atomic E-state index is 0.457. The maximum absolute atomic E-state index is 9.59. The number of nitriles is 1. The third-order valence-corrected chi connectivity index (χ3v) is 4.71. The van der Waals surface area contributed by atoms with E-state index in [0.29, 0.717) is 40.9 Å². The molecule has 4 heteroatoms. The van der Waals surface area contributed by atoms with Crippen LogP contribution in [-0.4, -0.2) is 6.61 Å². The van der Waals surface area contributed by atoms with E-state index in [4.69, 9.17) is 21.1 Å². The van der Waals surface area contributed by atoms with Crippen molar-refractivity contribution in [2.24, 2.45) is 0 Å². The summed E-state index contributed by atoms with van der Waals surface area (Å²) < 4.78 is 11.7. The Kier molecular flexibility index (Phi) is 6.94. The fraction of sp³-hybridized carbons (Fsp3) is 0.160. The van der Waals surface area contributed by atoms with Crippen LogP contribution in [0.5, 0.6) is 11.5 Å². The molecule has 0 bridgehead atoms. The van der Waals surface area contributed by atoms with E-state index in [9.17, 15) is 5.26 Å². The van der Waals surface area contributed by atoms with Crippen LogP contribution in [0.4, 0.5) is 0 Å². The van der Waals surface area contributed by atoms with E-state index in [1.807, 2.05) is 43.3 Å². The van der Waals surface area contributed by atoms with Crippen LogP contribution in [0.15, 0.2) is 66.7 Å². The van der Waals surface area contributed by atoms with Gasteiger partial charge in [-0.3, -0.25) is 0 Å². The molecule has 0 heterocycles. The zero-order valence-electron chi connectivity index (χ0n) is 16.5. The highest BCUT2D eigenvalue weighted by molar-refractivity contribution is 6.32. The van der Waals surface area contributed by atoms with Crippen LogP contribution in [0.2, 0.25) is 5.02 Å². The van der Waals surface area contributed by atoms with E-state index in [1.165, 1.54) is 5.56 Å². The van der Waals surface area contributed by atoms with Crippen molar-refractivity contribution >= 4 is 23.3 Å². The highest BCUT2D eigenvalue weighted by Gasteiger charge is 2.09. The fourth-order valence-corrected chi connectivity index (χ4v) is 3.10. The van der Waals surface area contributed by atoms with Crippen molar-refractivity contribution in [3.63, 3.8) is 0 Å². The van der Waals surface area contributed by atoms with Gasteiger partial charge in [-0.15, -0.1) is 0 Å². The number of benzene rings is 3. The molecule has 0 spiro atoms. The van der Waals surface area contributed by atoms with Crippen LogP contribution >= 0.6 is 11.6 Å². The molecule has 0 radical (unpaired) electrons. The Morgan fingerprint density at radius 3 is 2.45 bits per heavy atom. The zero-order chi connectivity index (χ0) is 20.6. The van der Waals surface area contributed by atoms with Crippen molar-refractivity contribution in [1.29, 1.82) is 5.26 Å². The molecule has 0 saturated carbocycles. The number of ether oxygens (including phenoxy) is 2. The number of hydrogen-bond acceptors (Lipinski definition) is 3. The maximum Gasteiger partial charge on any atom is 0.161 e.